The fourth-order valence-corrected chi connectivity index (χ4v) is 4.29. The van der Waals surface area contributed by atoms with Gasteiger partial charge in [-0.3, -0.25) is 4.79 Å². The average molecular weight is 434 g/mol. The molecular formula is C19H22Cl2FNO5. The van der Waals surface area contributed by atoms with Crippen LogP contribution in [-0.2, 0) is 25.7 Å². The Balaban J connectivity index is 1.72. The van der Waals surface area contributed by atoms with E-state index in [4.69, 9.17) is 38.4 Å². The molecule has 0 heterocycles. The molecule has 0 unspecified atom stereocenters. The van der Waals surface area contributed by atoms with Crippen LogP contribution in [0.2, 0.25) is 10.0 Å². The van der Waals surface area contributed by atoms with Crippen molar-refractivity contribution >= 4 is 35.1 Å². The molecule has 9 heteroatoms. The van der Waals surface area contributed by atoms with Gasteiger partial charge in [0.15, 0.2) is 0 Å². The van der Waals surface area contributed by atoms with E-state index in [2.05, 4.69) is 0 Å². The number of benzene rings is 1. The highest BCUT2D eigenvalue weighted by atomic mass is 35.5. The summed E-state index contributed by atoms with van der Waals surface area (Å²) in [7, 11) is 0. The van der Waals surface area contributed by atoms with Gasteiger partial charge in [-0.1, -0.05) is 43.1 Å². The molecule has 2 saturated carbocycles. The molecule has 0 saturated heterocycles. The molecule has 3 rings (SSSR count). The summed E-state index contributed by atoms with van der Waals surface area (Å²) in [5.74, 6) is -4.44. The Morgan fingerprint density at radius 1 is 1.36 bits per heavy atom. The molecule has 0 spiro atoms. The second-order valence-electron chi connectivity index (χ2n) is 7.87. The highest BCUT2D eigenvalue weighted by Crippen LogP contribution is 2.67. The van der Waals surface area contributed by atoms with E-state index in [1.165, 1.54) is 0 Å². The van der Waals surface area contributed by atoms with Crippen molar-refractivity contribution in [3.63, 3.8) is 0 Å². The molecule has 5 atom stereocenters. The van der Waals surface area contributed by atoms with Gasteiger partial charge in [-0.15, -0.1) is 0 Å². The number of carbonyl (C=O) groups excluding carboxylic acids is 1. The lowest BCUT2D eigenvalue weighted by molar-refractivity contribution is -0.160. The summed E-state index contributed by atoms with van der Waals surface area (Å²) in [6, 6.07) is 4.88. The summed E-state index contributed by atoms with van der Waals surface area (Å²) in [6.07, 6.45) is -0.932. The Labute approximate surface area is 172 Å². The van der Waals surface area contributed by atoms with E-state index in [-0.39, 0.29) is 25.6 Å². The second kappa shape index (κ2) is 7.44. The molecule has 1 aromatic rings. The van der Waals surface area contributed by atoms with E-state index in [1.54, 1.807) is 18.2 Å². The maximum Gasteiger partial charge on any atom is 0.344 e. The normalized spacial score (nSPS) is 33.6. The van der Waals surface area contributed by atoms with Crippen molar-refractivity contribution < 1.29 is 28.6 Å². The standard InChI is InChI=1S/C19H22Cl2FNO5/c1-9(2)7-28-17(26)18(22)11-6-14(19(23,15(11)18)16(24)25)27-8-10-3-4-12(20)13(21)5-10/h3-5,9,11,14-15H,6-8,23H2,1-2H3,(H,24,25)/t11-,14-,15+,18-,19+/m1/s1. The zero-order valence-electron chi connectivity index (χ0n) is 15.5. The van der Waals surface area contributed by atoms with Gasteiger partial charge in [0.25, 0.3) is 0 Å². The molecule has 0 radical (unpaired) electrons. The lowest BCUT2D eigenvalue weighted by Gasteiger charge is -2.32. The molecule has 2 fully saturated rings. The number of rotatable bonds is 7. The fourth-order valence-electron chi connectivity index (χ4n) is 3.97. The van der Waals surface area contributed by atoms with Crippen LogP contribution in [-0.4, -0.2) is 41.0 Å². The van der Waals surface area contributed by atoms with Crippen LogP contribution >= 0.6 is 23.2 Å². The number of nitrogens with two attached hydrogens (primary N) is 1. The SMILES string of the molecule is CC(C)COC(=O)[C@@]1(F)[C@@H]2C[C@@H](OCc3ccc(Cl)c(Cl)c3)[C@@](N)(C(=O)O)[C@@H]21. The molecule has 0 bridgehead atoms. The minimum Gasteiger partial charge on any atom is -0.480 e. The summed E-state index contributed by atoms with van der Waals surface area (Å²) in [6.45, 7) is 3.74. The number of carbonyl (C=O) groups is 2. The van der Waals surface area contributed by atoms with Crippen molar-refractivity contribution in [1.29, 1.82) is 0 Å². The first-order valence-electron chi connectivity index (χ1n) is 8.96. The fraction of sp³-hybridized carbons (Fsp3) is 0.579. The highest BCUT2D eigenvalue weighted by Gasteiger charge is 2.85. The van der Waals surface area contributed by atoms with Crippen LogP contribution < -0.4 is 5.73 Å². The third kappa shape index (κ3) is 3.38. The van der Waals surface area contributed by atoms with Crippen LogP contribution in [0.15, 0.2) is 18.2 Å². The van der Waals surface area contributed by atoms with Gasteiger partial charge >= 0.3 is 11.9 Å². The first kappa shape index (κ1) is 21.3. The summed E-state index contributed by atoms with van der Waals surface area (Å²) in [5.41, 5.74) is 2.37. The summed E-state index contributed by atoms with van der Waals surface area (Å²) in [4.78, 5) is 24.1. The van der Waals surface area contributed by atoms with Gasteiger partial charge in [-0.25, -0.2) is 9.18 Å². The van der Waals surface area contributed by atoms with Crippen LogP contribution in [0.25, 0.3) is 0 Å². The number of fused-ring (bicyclic) bond motifs is 1. The first-order valence-corrected chi connectivity index (χ1v) is 9.72. The number of esters is 1. The topological polar surface area (TPSA) is 98.9 Å². The van der Waals surface area contributed by atoms with Gasteiger partial charge in [0, 0.05) is 11.8 Å². The van der Waals surface area contributed by atoms with Crippen molar-refractivity contribution in [2.75, 3.05) is 6.61 Å². The molecule has 28 heavy (non-hydrogen) atoms. The number of hydrogen-bond acceptors (Lipinski definition) is 5. The molecule has 0 aliphatic heterocycles. The first-order chi connectivity index (χ1) is 13.0. The molecule has 3 N–H and O–H groups in total. The van der Waals surface area contributed by atoms with E-state index in [0.29, 0.717) is 15.6 Å². The molecular weight excluding hydrogens is 412 g/mol. The summed E-state index contributed by atoms with van der Waals surface area (Å²) in [5, 5.41) is 10.4. The molecule has 0 amide bonds. The predicted octanol–water partition coefficient (Wildman–Crippen LogP) is 3.22. The minimum absolute atomic E-state index is 0.0159. The molecule has 2 aliphatic rings. The largest absolute Gasteiger partial charge is 0.480 e. The Bertz CT molecular complexity index is 807. The highest BCUT2D eigenvalue weighted by molar-refractivity contribution is 6.42. The Hall–Kier alpha value is -1.41. The van der Waals surface area contributed by atoms with E-state index in [1.807, 2.05) is 13.8 Å². The number of halogens is 3. The van der Waals surface area contributed by atoms with Gasteiger partial charge in [0.05, 0.1) is 29.4 Å². The molecule has 154 valence electrons. The van der Waals surface area contributed by atoms with Crippen molar-refractivity contribution in [3.05, 3.63) is 33.8 Å². The Morgan fingerprint density at radius 2 is 2.04 bits per heavy atom. The second-order valence-corrected chi connectivity index (χ2v) is 8.68. The quantitative estimate of drug-likeness (QED) is 0.640. The van der Waals surface area contributed by atoms with Gasteiger partial charge < -0.3 is 20.3 Å². The lowest BCUT2D eigenvalue weighted by atomic mass is 9.88. The maximum absolute atomic E-state index is 15.2. The number of aliphatic carboxylic acids is 1. The van der Waals surface area contributed by atoms with Crippen molar-refractivity contribution in [2.24, 2.45) is 23.5 Å². The van der Waals surface area contributed by atoms with Gasteiger partial charge in [0.1, 0.15) is 5.54 Å². The van der Waals surface area contributed by atoms with Crippen LogP contribution in [0.4, 0.5) is 4.39 Å². The van der Waals surface area contributed by atoms with E-state index in [9.17, 15) is 14.7 Å². The summed E-state index contributed by atoms with van der Waals surface area (Å²) < 4.78 is 25.9. The van der Waals surface area contributed by atoms with Crippen LogP contribution in [0.3, 0.4) is 0 Å². The van der Waals surface area contributed by atoms with Crippen LogP contribution in [0, 0.1) is 17.8 Å². The minimum atomic E-state index is -2.38. The molecule has 1 aromatic carbocycles. The maximum atomic E-state index is 15.2. The predicted molar refractivity (Wildman–Crippen MR) is 101 cm³/mol. The number of ether oxygens (including phenoxy) is 2. The number of alkyl halides is 1. The third-order valence-electron chi connectivity index (χ3n) is 5.47. The van der Waals surface area contributed by atoms with Gasteiger partial charge in [0.2, 0.25) is 5.67 Å². The van der Waals surface area contributed by atoms with E-state index in [0.717, 1.165) is 0 Å². The average Bonchev–Trinajstić information content (AvgIpc) is 3.09. The van der Waals surface area contributed by atoms with Crippen molar-refractivity contribution in [1.82, 2.24) is 0 Å². The molecule has 0 aromatic heterocycles. The van der Waals surface area contributed by atoms with E-state index < -0.39 is 41.1 Å². The van der Waals surface area contributed by atoms with Crippen molar-refractivity contribution in [2.45, 2.75) is 44.2 Å². The van der Waals surface area contributed by atoms with Crippen LogP contribution in [0.5, 0.6) is 0 Å². The number of hydrogen-bond donors (Lipinski definition) is 2. The third-order valence-corrected chi connectivity index (χ3v) is 6.21. The van der Waals surface area contributed by atoms with Gasteiger partial charge in [-0.2, -0.15) is 0 Å². The van der Waals surface area contributed by atoms with E-state index >= 15 is 4.39 Å². The molecule has 2 aliphatic carbocycles. The van der Waals surface area contributed by atoms with Crippen LogP contribution in [0.1, 0.15) is 25.8 Å². The number of carboxylic acid groups (broad SMARTS) is 1. The van der Waals surface area contributed by atoms with Gasteiger partial charge in [-0.05, 0) is 30.0 Å². The monoisotopic (exact) mass is 433 g/mol. The Kier molecular flexibility index (Phi) is 5.66. The van der Waals surface area contributed by atoms with Crippen molar-refractivity contribution in [3.8, 4) is 0 Å². The smallest absolute Gasteiger partial charge is 0.344 e. The zero-order chi connectivity index (χ0) is 20.9. The summed E-state index contributed by atoms with van der Waals surface area (Å²) >= 11 is 11.8. The lowest BCUT2D eigenvalue weighted by Crippen LogP contribution is -2.60. The molecule has 6 nitrogen and oxygen atoms in total. The zero-order valence-corrected chi connectivity index (χ0v) is 17.0. The Morgan fingerprint density at radius 3 is 2.61 bits per heavy atom. The number of carboxylic acids is 1.